The standard InChI is InChI=1S/C11H24N/c1-4-6-8-10-12(3)11-9-7-5-2/h3-11H2,1-2H3. The van der Waals surface area contributed by atoms with E-state index in [0.717, 1.165) is 0 Å². The van der Waals surface area contributed by atoms with Crippen molar-refractivity contribution in [1.29, 1.82) is 0 Å². The van der Waals surface area contributed by atoms with Gasteiger partial charge in [0.1, 0.15) is 0 Å². The molecule has 1 heteroatoms. The van der Waals surface area contributed by atoms with Crippen LogP contribution in [0.25, 0.3) is 0 Å². The molecule has 0 saturated heterocycles. The molecule has 0 aromatic rings. The number of hydrogen-bond donors (Lipinski definition) is 0. The van der Waals surface area contributed by atoms with Crippen LogP contribution in [0, 0.1) is 7.05 Å². The lowest BCUT2D eigenvalue weighted by molar-refractivity contribution is 0.349. The van der Waals surface area contributed by atoms with Gasteiger partial charge in [0, 0.05) is 7.05 Å². The molecule has 0 saturated carbocycles. The van der Waals surface area contributed by atoms with Crippen LogP contribution in [-0.2, 0) is 0 Å². The molecule has 0 rings (SSSR count). The molecule has 0 fully saturated rings. The molecule has 73 valence electrons. The third-order valence-electron chi connectivity index (χ3n) is 2.16. The highest BCUT2D eigenvalue weighted by Crippen LogP contribution is 2.00. The lowest BCUT2D eigenvalue weighted by Crippen LogP contribution is -2.18. The summed E-state index contributed by atoms with van der Waals surface area (Å²) >= 11 is 0. The molecule has 0 atom stereocenters. The van der Waals surface area contributed by atoms with E-state index in [0.29, 0.717) is 0 Å². The van der Waals surface area contributed by atoms with Gasteiger partial charge in [0.25, 0.3) is 0 Å². The zero-order valence-electron chi connectivity index (χ0n) is 8.81. The highest BCUT2D eigenvalue weighted by molar-refractivity contribution is 4.55. The summed E-state index contributed by atoms with van der Waals surface area (Å²) in [4.78, 5) is 2.21. The van der Waals surface area contributed by atoms with E-state index in [1.54, 1.807) is 0 Å². The van der Waals surface area contributed by atoms with E-state index in [-0.39, 0.29) is 0 Å². The van der Waals surface area contributed by atoms with Crippen LogP contribution < -0.4 is 0 Å². The molecule has 0 aliphatic carbocycles. The Hall–Kier alpha value is -0.0400. The minimum atomic E-state index is 1.18. The summed E-state index contributed by atoms with van der Waals surface area (Å²) in [5, 5.41) is 0. The largest absolute Gasteiger partial charge is 0.302 e. The van der Waals surface area contributed by atoms with Gasteiger partial charge < -0.3 is 4.90 Å². The van der Waals surface area contributed by atoms with Crippen molar-refractivity contribution in [3.8, 4) is 0 Å². The number of rotatable bonds is 8. The van der Waals surface area contributed by atoms with Crippen LogP contribution in [0.2, 0.25) is 0 Å². The van der Waals surface area contributed by atoms with Crippen LogP contribution in [-0.4, -0.2) is 18.0 Å². The Morgan fingerprint density at radius 2 is 1.25 bits per heavy atom. The Balaban J connectivity index is 3.04. The lowest BCUT2D eigenvalue weighted by atomic mass is 10.2. The normalized spacial score (nSPS) is 11.0. The van der Waals surface area contributed by atoms with Crippen LogP contribution in [0.4, 0.5) is 0 Å². The van der Waals surface area contributed by atoms with E-state index in [4.69, 9.17) is 0 Å². The molecule has 0 amide bonds. The van der Waals surface area contributed by atoms with Gasteiger partial charge in [-0.25, -0.2) is 0 Å². The van der Waals surface area contributed by atoms with Gasteiger partial charge in [0.2, 0.25) is 0 Å². The Bertz CT molecular complexity index is 71.1. The van der Waals surface area contributed by atoms with Gasteiger partial charge in [0.05, 0.1) is 0 Å². The molecule has 0 aliphatic rings. The average molecular weight is 170 g/mol. The fourth-order valence-electron chi connectivity index (χ4n) is 1.28. The second-order valence-electron chi connectivity index (χ2n) is 3.53. The highest BCUT2D eigenvalue weighted by Gasteiger charge is 1.96. The Labute approximate surface area is 78.1 Å². The van der Waals surface area contributed by atoms with Crippen molar-refractivity contribution in [2.24, 2.45) is 0 Å². The molecule has 1 nitrogen and oxygen atoms in total. The summed E-state index contributed by atoms with van der Waals surface area (Å²) in [7, 11) is 4.01. The third kappa shape index (κ3) is 8.06. The molecule has 0 heterocycles. The molecule has 0 aromatic carbocycles. The van der Waals surface area contributed by atoms with Crippen molar-refractivity contribution in [3.63, 3.8) is 0 Å². The summed E-state index contributed by atoms with van der Waals surface area (Å²) < 4.78 is 0. The minimum absolute atomic E-state index is 1.18. The maximum absolute atomic E-state index is 4.01. The van der Waals surface area contributed by atoms with E-state index in [1.165, 1.54) is 51.6 Å². The molecule has 0 N–H and O–H groups in total. The lowest BCUT2D eigenvalue weighted by Gasteiger charge is -2.15. The fourth-order valence-corrected chi connectivity index (χ4v) is 1.28. The van der Waals surface area contributed by atoms with Crippen molar-refractivity contribution in [1.82, 2.24) is 4.90 Å². The molecule has 0 bridgehead atoms. The summed E-state index contributed by atoms with van der Waals surface area (Å²) in [6, 6.07) is 0. The van der Waals surface area contributed by atoms with Crippen LogP contribution >= 0.6 is 0 Å². The number of nitrogens with zero attached hydrogens (tertiary/aromatic N) is 1. The first kappa shape index (κ1) is 12.0. The predicted molar refractivity (Wildman–Crippen MR) is 56.0 cm³/mol. The zero-order valence-corrected chi connectivity index (χ0v) is 8.81. The van der Waals surface area contributed by atoms with E-state index < -0.39 is 0 Å². The number of hydrogen-bond acceptors (Lipinski definition) is 1. The summed E-state index contributed by atoms with van der Waals surface area (Å²) in [6.07, 6.45) is 7.93. The van der Waals surface area contributed by atoms with Gasteiger partial charge in [-0.05, 0) is 25.9 Å². The average Bonchev–Trinajstić information content (AvgIpc) is 2.06. The van der Waals surface area contributed by atoms with Crippen LogP contribution in [0.5, 0.6) is 0 Å². The molecule has 0 unspecified atom stereocenters. The van der Waals surface area contributed by atoms with E-state index >= 15 is 0 Å². The Morgan fingerprint density at radius 3 is 1.58 bits per heavy atom. The molecular weight excluding hydrogens is 146 g/mol. The fraction of sp³-hybridized carbons (Fsp3) is 0.909. The molecule has 1 radical (unpaired) electrons. The van der Waals surface area contributed by atoms with E-state index in [1.807, 2.05) is 0 Å². The van der Waals surface area contributed by atoms with Crippen LogP contribution in [0.15, 0.2) is 0 Å². The highest BCUT2D eigenvalue weighted by atomic mass is 15.1. The molecule has 0 aliphatic heterocycles. The van der Waals surface area contributed by atoms with Crippen molar-refractivity contribution >= 4 is 0 Å². The Morgan fingerprint density at radius 1 is 0.833 bits per heavy atom. The van der Waals surface area contributed by atoms with E-state index in [2.05, 4.69) is 25.8 Å². The van der Waals surface area contributed by atoms with Gasteiger partial charge in [0.15, 0.2) is 0 Å². The first-order valence-corrected chi connectivity index (χ1v) is 5.36. The zero-order chi connectivity index (χ0) is 9.23. The monoisotopic (exact) mass is 170 g/mol. The topological polar surface area (TPSA) is 3.24 Å². The molecule has 0 spiro atoms. The molecule has 12 heavy (non-hydrogen) atoms. The SMILES string of the molecule is [CH2]N(CCCCC)CCCCC. The van der Waals surface area contributed by atoms with Crippen LogP contribution in [0.1, 0.15) is 52.4 Å². The molecule has 0 aromatic heterocycles. The third-order valence-corrected chi connectivity index (χ3v) is 2.16. The summed E-state index contributed by atoms with van der Waals surface area (Å²) in [5.74, 6) is 0. The summed E-state index contributed by atoms with van der Waals surface area (Å²) in [5.41, 5.74) is 0. The smallest absolute Gasteiger partial charge is 0.0109 e. The summed E-state index contributed by atoms with van der Waals surface area (Å²) in [6.45, 7) is 6.84. The van der Waals surface area contributed by atoms with Gasteiger partial charge in [-0.1, -0.05) is 39.5 Å². The maximum atomic E-state index is 4.01. The van der Waals surface area contributed by atoms with Gasteiger partial charge >= 0.3 is 0 Å². The molecular formula is C11H24N. The van der Waals surface area contributed by atoms with Crippen molar-refractivity contribution in [3.05, 3.63) is 7.05 Å². The van der Waals surface area contributed by atoms with Gasteiger partial charge in [-0.15, -0.1) is 0 Å². The van der Waals surface area contributed by atoms with Gasteiger partial charge in [-0.3, -0.25) is 0 Å². The Kier molecular flexibility index (Phi) is 9.02. The minimum Gasteiger partial charge on any atom is -0.302 e. The maximum Gasteiger partial charge on any atom is 0.0109 e. The number of unbranched alkanes of at least 4 members (excludes halogenated alkanes) is 4. The first-order chi connectivity index (χ1) is 5.81. The van der Waals surface area contributed by atoms with Crippen molar-refractivity contribution in [2.75, 3.05) is 13.1 Å². The van der Waals surface area contributed by atoms with Crippen LogP contribution in [0.3, 0.4) is 0 Å². The predicted octanol–water partition coefficient (Wildman–Crippen LogP) is 3.46. The second kappa shape index (κ2) is 9.05. The quantitative estimate of drug-likeness (QED) is 0.504. The van der Waals surface area contributed by atoms with Crippen molar-refractivity contribution < 1.29 is 0 Å². The second-order valence-corrected chi connectivity index (χ2v) is 3.53. The van der Waals surface area contributed by atoms with E-state index in [9.17, 15) is 0 Å². The van der Waals surface area contributed by atoms with Gasteiger partial charge in [-0.2, -0.15) is 0 Å². The van der Waals surface area contributed by atoms with Crippen molar-refractivity contribution in [2.45, 2.75) is 52.4 Å². The first-order valence-electron chi connectivity index (χ1n) is 5.36.